The van der Waals surface area contributed by atoms with Gasteiger partial charge in [-0.05, 0) is 12.3 Å². The molecule has 7 heteroatoms. The number of hydrogen-bond acceptors (Lipinski definition) is 6. The minimum atomic E-state index is 0.176. The number of ether oxygens (including phenoxy) is 1. The van der Waals surface area contributed by atoms with E-state index >= 15 is 0 Å². The summed E-state index contributed by atoms with van der Waals surface area (Å²) in [5, 5.41) is 6.64. The van der Waals surface area contributed by atoms with Crippen LogP contribution in [0.25, 0.3) is 11.2 Å². The Morgan fingerprint density at radius 3 is 2.81 bits per heavy atom. The van der Waals surface area contributed by atoms with Crippen LogP contribution in [0.3, 0.4) is 0 Å². The van der Waals surface area contributed by atoms with Crippen molar-refractivity contribution in [3.8, 4) is 0 Å². The molecule has 21 heavy (non-hydrogen) atoms. The van der Waals surface area contributed by atoms with Gasteiger partial charge in [0.2, 0.25) is 5.95 Å². The molecule has 2 aromatic rings. The van der Waals surface area contributed by atoms with Crippen LogP contribution in [0.5, 0.6) is 0 Å². The van der Waals surface area contributed by atoms with Crippen LogP contribution in [0.2, 0.25) is 0 Å². The maximum Gasteiger partial charge on any atom is 0.226 e. The highest BCUT2D eigenvalue weighted by atomic mass is 16.5. The highest BCUT2D eigenvalue weighted by Gasteiger charge is 2.17. The van der Waals surface area contributed by atoms with Gasteiger partial charge < -0.3 is 20.4 Å². The van der Waals surface area contributed by atoms with Crippen LogP contribution in [0.1, 0.15) is 27.2 Å². The second-order valence-corrected chi connectivity index (χ2v) is 5.37. The van der Waals surface area contributed by atoms with Gasteiger partial charge in [0.05, 0.1) is 19.0 Å². The van der Waals surface area contributed by atoms with Crippen molar-refractivity contribution in [2.24, 2.45) is 5.92 Å². The van der Waals surface area contributed by atoms with Crippen molar-refractivity contribution >= 4 is 22.9 Å². The van der Waals surface area contributed by atoms with Crippen molar-refractivity contribution in [1.29, 1.82) is 0 Å². The molecule has 7 nitrogen and oxygen atoms in total. The van der Waals surface area contributed by atoms with E-state index in [-0.39, 0.29) is 6.04 Å². The van der Waals surface area contributed by atoms with Crippen molar-refractivity contribution in [3.63, 3.8) is 0 Å². The molecule has 0 bridgehead atoms. The summed E-state index contributed by atoms with van der Waals surface area (Å²) in [6.07, 6.45) is 2.65. The summed E-state index contributed by atoms with van der Waals surface area (Å²) >= 11 is 0. The van der Waals surface area contributed by atoms with E-state index in [2.05, 4.69) is 51.3 Å². The third kappa shape index (κ3) is 3.81. The van der Waals surface area contributed by atoms with Gasteiger partial charge in [-0.15, -0.1) is 0 Å². The minimum Gasteiger partial charge on any atom is -0.383 e. The lowest BCUT2D eigenvalue weighted by molar-refractivity contribution is 0.171. The van der Waals surface area contributed by atoms with Crippen LogP contribution < -0.4 is 10.6 Å². The summed E-state index contributed by atoms with van der Waals surface area (Å²) in [7, 11) is 1.71. The van der Waals surface area contributed by atoms with E-state index in [9.17, 15) is 0 Å². The number of nitrogens with one attached hydrogen (secondary N) is 3. The van der Waals surface area contributed by atoms with Gasteiger partial charge in [-0.1, -0.05) is 20.8 Å². The summed E-state index contributed by atoms with van der Waals surface area (Å²) in [6.45, 7) is 7.86. The maximum absolute atomic E-state index is 5.28. The van der Waals surface area contributed by atoms with Gasteiger partial charge in [0, 0.05) is 13.7 Å². The average molecular weight is 292 g/mol. The quantitative estimate of drug-likeness (QED) is 0.691. The molecule has 0 radical (unpaired) electrons. The molecule has 0 saturated heterocycles. The Balaban J connectivity index is 2.29. The van der Waals surface area contributed by atoms with Gasteiger partial charge in [0.1, 0.15) is 5.52 Å². The smallest absolute Gasteiger partial charge is 0.226 e. The molecule has 1 unspecified atom stereocenters. The SMILES string of the molecule is CCCNc1nc(NC(COC)C(C)C)c2[nH]cnc2n1. The Bertz CT molecular complexity index is 568. The summed E-state index contributed by atoms with van der Waals surface area (Å²) < 4.78 is 5.28. The van der Waals surface area contributed by atoms with Crippen LogP contribution in [-0.2, 0) is 4.74 Å². The molecule has 0 aliphatic heterocycles. The Kier molecular flexibility index (Phi) is 5.32. The van der Waals surface area contributed by atoms with E-state index < -0.39 is 0 Å². The predicted molar refractivity (Wildman–Crippen MR) is 84.6 cm³/mol. The zero-order valence-corrected chi connectivity index (χ0v) is 13.1. The zero-order valence-electron chi connectivity index (χ0n) is 13.1. The number of H-pyrrole nitrogens is 1. The van der Waals surface area contributed by atoms with Crippen molar-refractivity contribution in [3.05, 3.63) is 6.33 Å². The first-order chi connectivity index (χ1) is 10.2. The van der Waals surface area contributed by atoms with E-state index in [4.69, 9.17) is 4.74 Å². The first kappa shape index (κ1) is 15.5. The Hall–Kier alpha value is -1.89. The highest BCUT2D eigenvalue weighted by Crippen LogP contribution is 2.21. The van der Waals surface area contributed by atoms with E-state index in [1.807, 2.05) is 0 Å². The van der Waals surface area contributed by atoms with Crippen molar-refractivity contribution in [2.45, 2.75) is 33.2 Å². The number of imidazole rings is 1. The summed E-state index contributed by atoms with van der Waals surface area (Å²) in [5.74, 6) is 1.77. The number of anilines is 2. The summed E-state index contributed by atoms with van der Waals surface area (Å²) in [5.41, 5.74) is 1.48. The van der Waals surface area contributed by atoms with Gasteiger partial charge in [0.25, 0.3) is 0 Å². The van der Waals surface area contributed by atoms with Crippen LogP contribution in [0, 0.1) is 5.92 Å². The molecule has 0 aliphatic rings. The normalized spacial score (nSPS) is 12.8. The fraction of sp³-hybridized carbons (Fsp3) is 0.643. The number of nitrogens with zero attached hydrogens (tertiary/aromatic N) is 3. The third-order valence-electron chi connectivity index (χ3n) is 3.29. The van der Waals surface area contributed by atoms with E-state index in [0.29, 0.717) is 24.1 Å². The number of aromatic nitrogens is 4. The largest absolute Gasteiger partial charge is 0.383 e. The first-order valence-corrected chi connectivity index (χ1v) is 7.36. The monoisotopic (exact) mass is 292 g/mol. The van der Waals surface area contributed by atoms with Gasteiger partial charge in [-0.3, -0.25) is 0 Å². The molecule has 0 aliphatic carbocycles. The number of hydrogen-bond donors (Lipinski definition) is 3. The molecule has 0 spiro atoms. The topological polar surface area (TPSA) is 87.8 Å². The molecule has 3 N–H and O–H groups in total. The molecule has 0 aromatic carbocycles. The van der Waals surface area contributed by atoms with Crippen LogP contribution in [0.4, 0.5) is 11.8 Å². The number of methoxy groups -OCH3 is 1. The van der Waals surface area contributed by atoms with Crippen LogP contribution in [-0.4, -0.2) is 46.2 Å². The number of rotatable bonds is 8. The van der Waals surface area contributed by atoms with Crippen molar-refractivity contribution in [1.82, 2.24) is 19.9 Å². The van der Waals surface area contributed by atoms with E-state index in [1.54, 1.807) is 13.4 Å². The van der Waals surface area contributed by atoms with Gasteiger partial charge in [-0.25, -0.2) is 4.98 Å². The number of aromatic amines is 1. The van der Waals surface area contributed by atoms with Crippen LogP contribution in [0.15, 0.2) is 6.33 Å². The minimum absolute atomic E-state index is 0.176. The summed E-state index contributed by atoms with van der Waals surface area (Å²) in [4.78, 5) is 16.3. The predicted octanol–water partition coefficient (Wildman–Crippen LogP) is 2.26. The van der Waals surface area contributed by atoms with Crippen LogP contribution >= 0.6 is 0 Å². The Morgan fingerprint density at radius 2 is 2.14 bits per heavy atom. The summed E-state index contributed by atoms with van der Waals surface area (Å²) in [6, 6.07) is 0.176. The molecular weight excluding hydrogens is 268 g/mol. The maximum atomic E-state index is 5.28. The lowest BCUT2D eigenvalue weighted by atomic mass is 10.1. The molecule has 2 heterocycles. The molecule has 0 amide bonds. The highest BCUT2D eigenvalue weighted by molar-refractivity contribution is 5.83. The third-order valence-corrected chi connectivity index (χ3v) is 3.29. The lowest BCUT2D eigenvalue weighted by Crippen LogP contribution is -2.31. The molecular formula is C14H24N6O. The molecule has 116 valence electrons. The molecule has 0 saturated carbocycles. The van der Waals surface area contributed by atoms with E-state index in [0.717, 1.165) is 24.3 Å². The fourth-order valence-corrected chi connectivity index (χ4v) is 2.01. The first-order valence-electron chi connectivity index (χ1n) is 7.36. The van der Waals surface area contributed by atoms with Gasteiger partial charge >= 0.3 is 0 Å². The second kappa shape index (κ2) is 7.21. The van der Waals surface area contributed by atoms with Gasteiger partial charge in [-0.2, -0.15) is 9.97 Å². The van der Waals surface area contributed by atoms with Crippen molar-refractivity contribution < 1.29 is 4.74 Å². The number of fused-ring (bicyclic) bond motifs is 1. The van der Waals surface area contributed by atoms with Gasteiger partial charge in [0.15, 0.2) is 11.5 Å². The second-order valence-electron chi connectivity index (χ2n) is 5.37. The molecule has 1 atom stereocenters. The standard InChI is InChI=1S/C14H24N6O/c1-5-6-15-14-19-12-11(16-8-17-12)13(20-14)18-10(7-21-4)9(2)3/h8-10H,5-7H2,1-4H3,(H3,15,16,17,18,19,20). The zero-order chi connectivity index (χ0) is 15.2. The average Bonchev–Trinajstić information content (AvgIpc) is 2.93. The lowest BCUT2D eigenvalue weighted by Gasteiger charge is -2.22. The molecule has 2 rings (SSSR count). The fourth-order valence-electron chi connectivity index (χ4n) is 2.01. The molecule has 0 fully saturated rings. The Morgan fingerprint density at radius 1 is 1.33 bits per heavy atom. The van der Waals surface area contributed by atoms with E-state index in [1.165, 1.54) is 0 Å². The Labute approximate surface area is 124 Å². The molecule has 2 aromatic heterocycles. The van der Waals surface area contributed by atoms with Crippen molar-refractivity contribution in [2.75, 3.05) is 30.9 Å².